The molecule has 0 aliphatic heterocycles. The van der Waals surface area contributed by atoms with Crippen LogP contribution in [0.5, 0.6) is 0 Å². The van der Waals surface area contributed by atoms with Crippen LogP contribution in [0, 0.1) is 0 Å². The predicted octanol–water partition coefficient (Wildman–Crippen LogP) is 4.02. The number of nitrogens with two attached hydrogens (primary N) is 1. The van der Waals surface area contributed by atoms with E-state index in [0.717, 1.165) is 12.1 Å². The molecule has 0 fully saturated rings. The molecule has 0 saturated heterocycles. The summed E-state index contributed by atoms with van der Waals surface area (Å²) in [6.07, 6.45) is -4.00. The molecule has 0 unspecified atom stereocenters. The third-order valence-electron chi connectivity index (χ3n) is 3.09. The van der Waals surface area contributed by atoms with Gasteiger partial charge in [-0.3, -0.25) is 0 Å². The summed E-state index contributed by atoms with van der Waals surface area (Å²) in [6.45, 7) is 0. The van der Waals surface area contributed by atoms with Crippen LogP contribution in [-0.4, -0.2) is 4.98 Å². The summed E-state index contributed by atoms with van der Waals surface area (Å²) in [4.78, 5) is 4.27. The monoisotopic (exact) mass is 292 g/mol. The van der Waals surface area contributed by atoms with Crippen molar-refractivity contribution in [1.82, 2.24) is 4.98 Å². The summed E-state index contributed by atoms with van der Waals surface area (Å²) in [7, 11) is 0. The average Bonchev–Trinajstić information content (AvgIpc) is 2.79. The van der Waals surface area contributed by atoms with Gasteiger partial charge in [-0.1, -0.05) is 12.1 Å². The zero-order valence-corrected chi connectivity index (χ0v) is 10.8. The Balaban J connectivity index is 1.84. The number of nitrogens with zero attached hydrogens (tertiary/aromatic N) is 1. The number of rotatable bonds is 2. The van der Waals surface area contributed by atoms with E-state index in [-0.39, 0.29) is 0 Å². The second-order valence-electron chi connectivity index (χ2n) is 4.71. The quantitative estimate of drug-likeness (QED) is 0.726. The van der Waals surface area contributed by atoms with Crippen LogP contribution in [0.3, 0.4) is 0 Å². The molecule has 3 rings (SSSR count). The first-order chi connectivity index (χ1) is 9.91. The zero-order chi connectivity index (χ0) is 15.0. The van der Waals surface area contributed by atoms with Crippen molar-refractivity contribution in [3.8, 4) is 0 Å². The Morgan fingerprint density at radius 1 is 1.05 bits per heavy atom. The fourth-order valence-corrected chi connectivity index (χ4v) is 2.05. The zero-order valence-electron chi connectivity index (χ0n) is 10.8. The van der Waals surface area contributed by atoms with Gasteiger partial charge in [0.25, 0.3) is 0 Å². The lowest BCUT2D eigenvalue weighted by molar-refractivity contribution is -0.137. The molecule has 2 N–H and O–H groups in total. The van der Waals surface area contributed by atoms with E-state index in [2.05, 4.69) is 4.98 Å². The molecule has 21 heavy (non-hydrogen) atoms. The Labute approximate surface area is 118 Å². The third-order valence-corrected chi connectivity index (χ3v) is 3.09. The normalized spacial score (nSPS) is 12.0. The first kappa shape index (κ1) is 13.5. The number of hydrogen-bond acceptors (Lipinski definition) is 3. The summed E-state index contributed by atoms with van der Waals surface area (Å²) in [6, 6.07) is 10.1. The van der Waals surface area contributed by atoms with Crippen molar-refractivity contribution in [2.75, 3.05) is 5.73 Å². The molecule has 0 saturated carbocycles. The molecule has 0 atom stereocenters. The van der Waals surface area contributed by atoms with Crippen LogP contribution in [0.25, 0.3) is 11.1 Å². The number of anilines is 1. The molecule has 0 bridgehead atoms. The number of fused-ring (bicyclic) bond motifs is 1. The summed E-state index contributed by atoms with van der Waals surface area (Å²) in [5.74, 6) is 0.440. The molecule has 0 amide bonds. The molecule has 6 heteroatoms. The first-order valence-corrected chi connectivity index (χ1v) is 6.23. The van der Waals surface area contributed by atoms with Crippen molar-refractivity contribution in [2.45, 2.75) is 12.6 Å². The van der Waals surface area contributed by atoms with Gasteiger partial charge in [0.1, 0.15) is 5.52 Å². The van der Waals surface area contributed by atoms with E-state index < -0.39 is 11.7 Å². The molecule has 0 aliphatic rings. The molecule has 0 aliphatic carbocycles. The number of alkyl halides is 3. The maximum Gasteiger partial charge on any atom is 0.416 e. The SMILES string of the molecule is Nc1ccc2oc(Cc3ccc(C(F)(F)F)cc3)nc2c1. The molecular formula is C15H11F3N2O. The van der Waals surface area contributed by atoms with E-state index in [0.29, 0.717) is 34.7 Å². The predicted molar refractivity (Wildman–Crippen MR) is 72.7 cm³/mol. The number of nitrogen functional groups attached to an aromatic ring is 1. The maximum absolute atomic E-state index is 12.5. The van der Waals surface area contributed by atoms with Gasteiger partial charge in [-0.05, 0) is 35.9 Å². The van der Waals surface area contributed by atoms with Crippen molar-refractivity contribution in [1.29, 1.82) is 0 Å². The number of aromatic nitrogens is 1. The van der Waals surface area contributed by atoms with E-state index in [1.807, 2.05) is 0 Å². The van der Waals surface area contributed by atoms with Gasteiger partial charge in [0.2, 0.25) is 0 Å². The van der Waals surface area contributed by atoms with E-state index in [1.165, 1.54) is 12.1 Å². The van der Waals surface area contributed by atoms with Crippen LogP contribution in [0.1, 0.15) is 17.0 Å². The Hall–Kier alpha value is -2.50. The van der Waals surface area contributed by atoms with Crippen molar-refractivity contribution >= 4 is 16.8 Å². The third kappa shape index (κ3) is 2.84. The lowest BCUT2D eigenvalue weighted by Crippen LogP contribution is -2.04. The molecule has 0 spiro atoms. The van der Waals surface area contributed by atoms with Crippen molar-refractivity contribution in [3.05, 3.63) is 59.5 Å². The summed E-state index contributed by atoms with van der Waals surface area (Å²) < 4.78 is 43.0. The van der Waals surface area contributed by atoms with Crippen molar-refractivity contribution in [3.63, 3.8) is 0 Å². The fraction of sp³-hybridized carbons (Fsp3) is 0.133. The second-order valence-corrected chi connectivity index (χ2v) is 4.71. The van der Waals surface area contributed by atoms with Crippen LogP contribution >= 0.6 is 0 Å². The number of oxazole rings is 1. The maximum atomic E-state index is 12.5. The van der Waals surface area contributed by atoms with Gasteiger partial charge >= 0.3 is 6.18 Å². The summed E-state index contributed by atoms with van der Waals surface area (Å²) >= 11 is 0. The van der Waals surface area contributed by atoms with Gasteiger partial charge < -0.3 is 10.2 Å². The van der Waals surface area contributed by atoms with Gasteiger partial charge in [-0.2, -0.15) is 13.2 Å². The highest BCUT2D eigenvalue weighted by Crippen LogP contribution is 2.29. The average molecular weight is 292 g/mol. The topological polar surface area (TPSA) is 52.0 Å². The fourth-order valence-electron chi connectivity index (χ4n) is 2.05. The summed E-state index contributed by atoms with van der Waals surface area (Å²) in [5, 5.41) is 0. The van der Waals surface area contributed by atoms with Gasteiger partial charge in [0.05, 0.1) is 5.56 Å². The van der Waals surface area contributed by atoms with Crippen LogP contribution in [0.15, 0.2) is 46.9 Å². The van der Waals surface area contributed by atoms with Crippen molar-refractivity contribution < 1.29 is 17.6 Å². The van der Waals surface area contributed by atoms with Gasteiger partial charge in [0, 0.05) is 12.1 Å². The largest absolute Gasteiger partial charge is 0.440 e. The van der Waals surface area contributed by atoms with E-state index in [9.17, 15) is 13.2 Å². The molecule has 108 valence electrons. The molecular weight excluding hydrogens is 281 g/mol. The van der Waals surface area contributed by atoms with Crippen LogP contribution in [-0.2, 0) is 12.6 Å². The highest BCUT2D eigenvalue weighted by molar-refractivity contribution is 5.76. The second kappa shape index (κ2) is 4.80. The minimum absolute atomic E-state index is 0.326. The Morgan fingerprint density at radius 2 is 1.76 bits per heavy atom. The van der Waals surface area contributed by atoms with Gasteiger partial charge in [0.15, 0.2) is 11.5 Å². The minimum Gasteiger partial charge on any atom is -0.440 e. The Morgan fingerprint density at radius 3 is 2.43 bits per heavy atom. The lowest BCUT2D eigenvalue weighted by Gasteiger charge is -2.06. The Bertz CT molecular complexity index is 776. The van der Waals surface area contributed by atoms with Gasteiger partial charge in [-0.25, -0.2) is 4.98 Å². The van der Waals surface area contributed by atoms with Crippen LogP contribution in [0.2, 0.25) is 0 Å². The van der Waals surface area contributed by atoms with E-state index in [1.54, 1.807) is 18.2 Å². The molecule has 3 nitrogen and oxygen atoms in total. The standard InChI is InChI=1S/C15H11F3N2O/c16-15(17,18)10-3-1-9(2-4-10)7-14-20-12-8-11(19)5-6-13(12)21-14/h1-6,8H,7,19H2. The molecule has 1 heterocycles. The van der Waals surface area contributed by atoms with Gasteiger partial charge in [-0.15, -0.1) is 0 Å². The minimum atomic E-state index is -4.33. The molecule has 0 radical (unpaired) electrons. The smallest absolute Gasteiger partial charge is 0.416 e. The number of hydrogen-bond donors (Lipinski definition) is 1. The molecule has 2 aromatic carbocycles. The highest BCUT2D eigenvalue weighted by atomic mass is 19.4. The Kier molecular flexibility index (Phi) is 3.08. The van der Waals surface area contributed by atoms with E-state index >= 15 is 0 Å². The number of halogens is 3. The van der Waals surface area contributed by atoms with E-state index in [4.69, 9.17) is 10.2 Å². The molecule has 3 aromatic rings. The number of benzene rings is 2. The van der Waals surface area contributed by atoms with Crippen LogP contribution in [0.4, 0.5) is 18.9 Å². The highest BCUT2D eigenvalue weighted by Gasteiger charge is 2.29. The first-order valence-electron chi connectivity index (χ1n) is 6.23. The lowest BCUT2D eigenvalue weighted by atomic mass is 10.1. The molecule has 1 aromatic heterocycles. The van der Waals surface area contributed by atoms with Crippen molar-refractivity contribution in [2.24, 2.45) is 0 Å². The van der Waals surface area contributed by atoms with Crippen LogP contribution < -0.4 is 5.73 Å². The summed E-state index contributed by atoms with van der Waals surface area (Å²) in [5.41, 5.74) is 7.50.